The Hall–Kier alpha value is -1.16. The van der Waals surface area contributed by atoms with Crippen LogP contribution in [0.3, 0.4) is 0 Å². The first kappa shape index (κ1) is 13.3. The third kappa shape index (κ3) is 3.19. The molecule has 0 saturated carbocycles. The van der Waals surface area contributed by atoms with Crippen LogP contribution in [0, 0.1) is 5.92 Å². The van der Waals surface area contributed by atoms with Gasteiger partial charge in [-0.15, -0.1) is 0 Å². The van der Waals surface area contributed by atoms with Crippen LogP contribution in [0.5, 0.6) is 0 Å². The monoisotopic (exact) mass is 264 g/mol. The van der Waals surface area contributed by atoms with Gasteiger partial charge in [-0.3, -0.25) is 4.79 Å². The SMILES string of the molecule is CSCC(C)CNC(=O)c1ccc2c(c1)NCC2. The highest BCUT2D eigenvalue weighted by Gasteiger charge is 2.13. The summed E-state index contributed by atoms with van der Waals surface area (Å²) in [6.07, 6.45) is 3.15. The van der Waals surface area contributed by atoms with Crippen LogP contribution in [0.25, 0.3) is 0 Å². The number of benzene rings is 1. The Morgan fingerprint density at radius 2 is 2.39 bits per heavy atom. The van der Waals surface area contributed by atoms with Crippen molar-refractivity contribution in [3.63, 3.8) is 0 Å². The maximum atomic E-state index is 12.0. The second-order valence-corrected chi connectivity index (χ2v) is 5.73. The highest BCUT2D eigenvalue weighted by atomic mass is 32.2. The Morgan fingerprint density at radius 3 is 3.17 bits per heavy atom. The van der Waals surface area contributed by atoms with Crippen molar-refractivity contribution in [1.82, 2.24) is 5.32 Å². The molecule has 1 aromatic carbocycles. The molecule has 0 saturated heterocycles. The van der Waals surface area contributed by atoms with Crippen molar-refractivity contribution >= 4 is 23.4 Å². The van der Waals surface area contributed by atoms with Gasteiger partial charge < -0.3 is 10.6 Å². The zero-order valence-electron chi connectivity index (χ0n) is 11.0. The Kier molecular flexibility index (Phi) is 4.53. The molecule has 0 aliphatic carbocycles. The van der Waals surface area contributed by atoms with E-state index in [9.17, 15) is 4.79 Å². The minimum Gasteiger partial charge on any atom is -0.384 e. The molecule has 4 heteroatoms. The summed E-state index contributed by atoms with van der Waals surface area (Å²) in [6, 6.07) is 5.92. The van der Waals surface area contributed by atoms with Gasteiger partial charge in [-0.2, -0.15) is 11.8 Å². The van der Waals surface area contributed by atoms with E-state index in [1.165, 1.54) is 5.56 Å². The number of anilines is 1. The van der Waals surface area contributed by atoms with E-state index in [1.807, 2.05) is 23.9 Å². The first-order valence-corrected chi connectivity index (χ1v) is 7.74. The lowest BCUT2D eigenvalue weighted by Gasteiger charge is -2.11. The molecule has 0 fully saturated rings. The molecule has 2 rings (SSSR count). The predicted octanol–water partition coefficient (Wildman–Crippen LogP) is 2.38. The zero-order valence-corrected chi connectivity index (χ0v) is 11.8. The lowest BCUT2D eigenvalue weighted by atomic mass is 10.1. The van der Waals surface area contributed by atoms with Crippen LogP contribution in [0.2, 0.25) is 0 Å². The lowest BCUT2D eigenvalue weighted by Crippen LogP contribution is -2.29. The molecule has 0 spiro atoms. The summed E-state index contributed by atoms with van der Waals surface area (Å²) in [5, 5.41) is 6.29. The van der Waals surface area contributed by atoms with Crippen LogP contribution in [-0.4, -0.2) is 31.0 Å². The van der Waals surface area contributed by atoms with E-state index in [0.717, 1.165) is 36.5 Å². The van der Waals surface area contributed by atoms with E-state index < -0.39 is 0 Å². The third-order valence-electron chi connectivity index (χ3n) is 3.14. The van der Waals surface area contributed by atoms with Gasteiger partial charge in [0.05, 0.1) is 0 Å². The number of rotatable bonds is 5. The van der Waals surface area contributed by atoms with Crippen LogP contribution in [0.1, 0.15) is 22.8 Å². The standard InChI is InChI=1S/C14H20N2OS/c1-10(9-18-2)8-16-14(17)12-4-3-11-5-6-15-13(11)7-12/h3-4,7,10,15H,5-6,8-9H2,1-2H3,(H,16,17). The molecule has 1 aliphatic rings. The lowest BCUT2D eigenvalue weighted by molar-refractivity contribution is 0.0949. The summed E-state index contributed by atoms with van der Waals surface area (Å²) in [5.74, 6) is 1.61. The third-order valence-corrected chi connectivity index (χ3v) is 4.05. The Labute approximate surface area is 113 Å². The summed E-state index contributed by atoms with van der Waals surface area (Å²) in [4.78, 5) is 12.0. The van der Waals surface area contributed by atoms with Crippen LogP contribution in [-0.2, 0) is 6.42 Å². The van der Waals surface area contributed by atoms with Crippen molar-refractivity contribution in [3.05, 3.63) is 29.3 Å². The largest absolute Gasteiger partial charge is 0.384 e. The number of thioether (sulfide) groups is 1. The summed E-state index contributed by atoms with van der Waals surface area (Å²) in [7, 11) is 0. The summed E-state index contributed by atoms with van der Waals surface area (Å²) < 4.78 is 0. The molecule has 0 aromatic heterocycles. The number of nitrogens with one attached hydrogen (secondary N) is 2. The quantitative estimate of drug-likeness (QED) is 0.858. The smallest absolute Gasteiger partial charge is 0.251 e. The number of carbonyl (C=O) groups excluding carboxylic acids is 1. The van der Waals surface area contributed by atoms with Gasteiger partial charge in [0.1, 0.15) is 0 Å². The molecule has 18 heavy (non-hydrogen) atoms. The molecular formula is C14H20N2OS. The topological polar surface area (TPSA) is 41.1 Å². The maximum Gasteiger partial charge on any atom is 0.251 e. The summed E-state index contributed by atoms with van der Waals surface area (Å²) in [6.45, 7) is 3.87. The van der Waals surface area contributed by atoms with Gasteiger partial charge in [0.2, 0.25) is 0 Å². The maximum absolute atomic E-state index is 12.0. The fourth-order valence-corrected chi connectivity index (χ4v) is 2.83. The molecule has 98 valence electrons. The predicted molar refractivity (Wildman–Crippen MR) is 78.5 cm³/mol. The van der Waals surface area contributed by atoms with Gasteiger partial charge in [-0.25, -0.2) is 0 Å². The van der Waals surface area contributed by atoms with Gasteiger partial charge in [0.25, 0.3) is 5.91 Å². The van der Waals surface area contributed by atoms with E-state index in [1.54, 1.807) is 0 Å². The molecule has 3 nitrogen and oxygen atoms in total. The van der Waals surface area contributed by atoms with Crippen molar-refractivity contribution in [2.45, 2.75) is 13.3 Å². The van der Waals surface area contributed by atoms with E-state index in [0.29, 0.717) is 5.92 Å². The number of hydrogen-bond donors (Lipinski definition) is 2. The van der Waals surface area contributed by atoms with Crippen LogP contribution < -0.4 is 10.6 Å². The van der Waals surface area contributed by atoms with Gasteiger partial charge in [0.15, 0.2) is 0 Å². The average molecular weight is 264 g/mol. The Balaban J connectivity index is 1.93. The van der Waals surface area contributed by atoms with Gasteiger partial charge in [-0.05, 0) is 42.0 Å². The van der Waals surface area contributed by atoms with Gasteiger partial charge >= 0.3 is 0 Å². The van der Waals surface area contributed by atoms with E-state index >= 15 is 0 Å². The van der Waals surface area contributed by atoms with Crippen LogP contribution in [0.15, 0.2) is 18.2 Å². The minimum atomic E-state index is 0.0273. The van der Waals surface area contributed by atoms with Gasteiger partial charge in [-0.1, -0.05) is 13.0 Å². The first-order valence-electron chi connectivity index (χ1n) is 6.34. The molecule has 1 aliphatic heterocycles. The minimum absolute atomic E-state index is 0.0273. The highest BCUT2D eigenvalue weighted by Crippen LogP contribution is 2.23. The first-order chi connectivity index (χ1) is 8.70. The second-order valence-electron chi connectivity index (χ2n) is 4.82. The zero-order chi connectivity index (χ0) is 13.0. The molecule has 2 N–H and O–H groups in total. The molecule has 0 radical (unpaired) electrons. The summed E-state index contributed by atoms with van der Waals surface area (Å²) in [5.41, 5.74) is 3.17. The fourth-order valence-electron chi connectivity index (χ4n) is 2.14. The average Bonchev–Trinajstić information content (AvgIpc) is 2.83. The Morgan fingerprint density at radius 1 is 1.56 bits per heavy atom. The second kappa shape index (κ2) is 6.14. The molecule has 0 bridgehead atoms. The number of fused-ring (bicyclic) bond motifs is 1. The molecule has 1 amide bonds. The number of amides is 1. The number of hydrogen-bond acceptors (Lipinski definition) is 3. The molecule has 1 heterocycles. The van der Waals surface area contributed by atoms with Crippen LogP contribution in [0.4, 0.5) is 5.69 Å². The van der Waals surface area contributed by atoms with Crippen LogP contribution >= 0.6 is 11.8 Å². The van der Waals surface area contributed by atoms with E-state index in [4.69, 9.17) is 0 Å². The molecule has 1 unspecified atom stereocenters. The van der Waals surface area contributed by atoms with Crippen molar-refractivity contribution < 1.29 is 4.79 Å². The van der Waals surface area contributed by atoms with Crippen molar-refractivity contribution in [1.29, 1.82) is 0 Å². The van der Waals surface area contributed by atoms with Crippen molar-refractivity contribution in [2.75, 3.05) is 30.4 Å². The van der Waals surface area contributed by atoms with Crippen molar-refractivity contribution in [2.24, 2.45) is 5.92 Å². The molecule has 1 aromatic rings. The van der Waals surface area contributed by atoms with Gasteiger partial charge in [0, 0.05) is 24.3 Å². The molecule has 1 atom stereocenters. The molecular weight excluding hydrogens is 244 g/mol. The normalized spacial score (nSPS) is 14.8. The summed E-state index contributed by atoms with van der Waals surface area (Å²) >= 11 is 1.81. The fraction of sp³-hybridized carbons (Fsp3) is 0.500. The Bertz CT molecular complexity index is 434. The number of carbonyl (C=O) groups is 1. The van der Waals surface area contributed by atoms with E-state index in [2.05, 4.69) is 29.9 Å². The highest BCUT2D eigenvalue weighted by molar-refractivity contribution is 7.98. The van der Waals surface area contributed by atoms with Crippen molar-refractivity contribution in [3.8, 4) is 0 Å². The van der Waals surface area contributed by atoms with E-state index in [-0.39, 0.29) is 5.91 Å².